The van der Waals surface area contributed by atoms with Crippen molar-refractivity contribution >= 4 is 27.4 Å². The molecule has 0 radical (unpaired) electrons. The van der Waals surface area contributed by atoms with Crippen molar-refractivity contribution < 1.29 is 54.8 Å². The van der Waals surface area contributed by atoms with Crippen molar-refractivity contribution in [2.45, 2.75) is 112 Å². The molecule has 3 aromatic rings. The quantitative estimate of drug-likeness (QED) is 0.0466. The number of fused-ring (bicyclic) bond motifs is 1. The van der Waals surface area contributed by atoms with Crippen LogP contribution in [0.4, 0.5) is 26.3 Å². The second kappa shape index (κ2) is 18.3. The summed E-state index contributed by atoms with van der Waals surface area (Å²) >= 11 is 1.44. The van der Waals surface area contributed by atoms with E-state index in [1.807, 2.05) is 39.0 Å². The molecule has 1 heterocycles. The average molecular weight is 763 g/mol. The number of esters is 1. The van der Waals surface area contributed by atoms with Crippen molar-refractivity contribution in [3.63, 3.8) is 0 Å². The summed E-state index contributed by atoms with van der Waals surface area (Å²) in [5.41, 5.74) is 1.53. The van der Waals surface area contributed by atoms with Crippen molar-refractivity contribution in [1.29, 1.82) is 0 Å². The molecular weight excluding hydrogens is 710 g/mol. The Hall–Kier alpha value is -3.03. The molecule has 0 bridgehead atoms. The lowest BCUT2D eigenvalue weighted by atomic mass is 9.74. The summed E-state index contributed by atoms with van der Waals surface area (Å²) in [5, 5.41) is 0.873. The summed E-state index contributed by atoms with van der Waals surface area (Å²) in [6.07, 6.45) is -12.7. The second-order valence-electron chi connectivity index (χ2n) is 14.6. The molecule has 292 valence electrons. The number of rotatable bonds is 21. The highest BCUT2D eigenvalue weighted by molar-refractivity contribution is 7.22. The minimum absolute atomic E-state index is 0.126. The number of alkyl halides is 6. The molecule has 6 nitrogen and oxygen atoms in total. The van der Waals surface area contributed by atoms with Gasteiger partial charge in [-0.15, -0.1) is 20.1 Å². The molecule has 13 heteroatoms. The lowest BCUT2D eigenvalue weighted by Gasteiger charge is -2.32. The van der Waals surface area contributed by atoms with E-state index < -0.39 is 61.9 Å². The molecule has 0 N–H and O–H groups in total. The highest BCUT2D eigenvalue weighted by Gasteiger charge is 2.52. The molecule has 0 aliphatic heterocycles. The number of aryl methyl sites for hydroxylation is 1. The fourth-order valence-electron chi connectivity index (χ4n) is 5.48. The van der Waals surface area contributed by atoms with Crippen LogP contribution >= 0.6 is 11.3 Å². The number of unbranched alkanes of at least 4 members (excludes halogenated alkanes) is 2. The first-order valence-electron chi connectivity index (χ1n) is 17.7. The van der Waals surface area contributed by atoms with Gasteiger partial charge in [0.15, 0.2) is 0 Å². The van der Waals surface area contributed by atoms with Gasteiger partial charge in [-0.1, -0.05) is 67.4 Å². The highest BCUT2D eigenvalue weighted by Crippen LogP contribution is 2.41. The van der Waals surface area contributed by atoms with Gasteiger partial charge in [-0.05, 0) is 83.9 Å². The summed E-state index contributed by atoms with van der Waals surface area (Å²) in [6, 6.07) is 13.0. The number of halogens is 6. The Bertz CT molecular complexity index is 1580. The zero-order valence-corrected chi connectivity index (χ0v) is 32.1. The molecule has 52 heavy (non-hydrogen) atoms. The number of hydrogen-bond donors (Lipinski definition) is 0. The van der Waals surface area contributed by atoms with Gasteiger partial charge in [0.05, 0.1) is 39.1 Å². The van der Waals surface area contributed by atoms with Crippen LogP contribution in [0.1, 0.15) is 92.6 Å². The summed E-state index contributed by atoms with van der Waals surface area (Å²) in [7, 11) is 1.61. The van der Waals surface area contributed by atoms with Crippen molar-refractivity contribution in [3.05, 3.63) is 48.0 Å². The topological polar surface area (TPSA) is 63.2 Å². The minimum Gasteiger partial charge on any atom is -0.496 e. The number of carbonyl (C=O) groups excluding carboxylic acids is 1. The Labute approximate surface area is 307 Å². The third-order valence-electron chi connectivity index (χ3n) is 9.00. The zero-order valence-electron chi connectivity index (χ0n) is 31.3. The SMILES string of the molecule is CCCCCc1ccc(-c2cc3ccc(OCCC(F)(F)OC(F)(F)OC(F)(F)CCOC(=O)C(CC(C)C(C)C)C(C)(C)C)cc3s2)c(OC)c1. The van der Waals surface area contributed by atoms with E-state index in [1.165, 1.54) is 16.9 Å². The minimum atomic E-state index is -5.36. The number of methoxy groups -OCH3 is 1. The van der Waals surface area contributed by atoms with E-state index >= 15 is 0 Å². The third-order valence-corrected chi connectivity index (χ3v) is 10.1. The van der Waals surface area contributed by atoms with Crippen molar-refractivity contribution in [2.75, 3.05) is 20.3 Å². The van der Waals surface area contributed by atoms with Crippen LogP contribution in [0, 0.1) is 23.2 Å². The highest BCUT2D eigenvalue weighted by atomic mass is 32.1. The van der Waals surface area contributed by atoms with E-state index in [0.29, 0.717) is 6.42 Å². The Morgan fingerprint density at radius 2 is 1.50 bits per heavy atom. The van der Waals surface area contributed by atoms with Crippen LogP contribution in [0.2, 0.25) is 0 Å². The van der Waals surface area contributed by atoms with Gasteiger partial charge in [-0.2, -0.15) is 17.6 Å². The van der Waals surface area contributed by atoms with Gasteiger partial charge < -0.3 is 14.2 Å². The lowest BCUT2D eigenvalue weighted by molar-refractivity contribution is -0.514. The van der Waals surface area contributed by atoms with Gasteiger partial charge in [0.25, 0.3) is 0 Å². The summed E-state index contributed by atoms with van der Waals surface area (Å²) in [6.45, 7) is 11.8. The van der Waals surface area contributed by atoms with E-state index in [-0.39, 0.29) is 17.6 Å². The van der Waals surface area contributed by atoms with Crippen molar-refractivity contribution in [2.24, 2.45) is 23.2 Å². The molecule has 2 aromatic carbocycles. The normalized spacial score (nSPS) is 14.1. The monoisotopic (exact) mass is 762 g/mol. The molecule has 0 aliphatic rings. The van der Waals surface area contributed by atoms with Crippen LogP contribution in [0.5, 0.6) is 11.5 Å². The van der Waals surface area contributed by atoms with E-state index in [9.17, 15) is 31.1 Å². The van der Waals surface area contributed by atoms with Crippen LogP contribution in [0.25, 0.3) is 20.5 Å². The molecule has 0 saturated carbocycles. The molecule has 3 rings (SSSR count). The summed E-state index contributed by atoms with van der Waals surface area (Å²) < 4.78 is 109. The Morgan fingerprint density at radius 3 is 2.10 bits per heavy atom. The van der Waals surface area contributed by atoms with Crippen molar-refractivity contribution in [3.8, 4) is 21.9 Å². The Morgan fingerprint density at radius 1 is 0.846 bits per heavy atom. The van der Waals surface area contributed by atoms with Gasteiger partial charge in [0, 0.05) is 15.1 Å². The van der Waals surface area contributed by atoms with Crippen LogP contribution < -0.4 is 9.47 Å². The van der Waals surface area contributed by atoms with Crippen molar-refractivity contribution in [1.82, 2.24) is 0 Å². The van der Waals surface area contributed by atoms with Crippen LogP contribution in [-0.2, 0) is 25.4 Å². The first kappa shape index (κ1) is 43.4. The number of ether oxygens (including phenoxy) is 5. The third kappa shape index (κ3) is 13.4. The molecule has 2 atom stereocenters. The fourth-order valence-corrected chi connectivity index (χ4v) is 6.61. The summed E-state index contributed by atoms with van der Waals surface area (Å²) in [4.78, 5) is 13.6. The molecular formula is C39H52F6O6S. The Kier molecular flexibility index (Phi) is 15.3. The summed E-state index contributed by atoms with van der Waals surface area (Å²) in [5.74, 6) is -0.0788. The first-order valence-corrected chi connectivity index (χ1v) is 18.5. The fraction of sp³-hybridized carbons (Fsp3) is 0.615. The number of thiophene rings is 1. The van der Waals surface area contributed by atoms with E-state index in [1.54, 1.807) is 46.1 Å². The molecule has 0 saturated heterocycles. The maximum atomic E-state index is 14.4. The zero-order chi connectivity index (χ0) is 38.9. The number of hydrogen-bond acceptors (Lipinski definition) is 7. The van der Waals surface area contributed by atoms with E-state index in [0.717, 1.165) is 52.0 Å². The van der Waals surface area contributed by atoms with Gasteiger partial charge in [-0.25, -0.2) is 9.47 Å². The molecule has 0 spiro atoms. The molecule has 0 amide bonds. The van der Waals surface area contributed by atoms with E-state index in [2.05, 4.69) is 22.5 Å². The van der Waals surface area contributed by atoms with Gasteiger partial charge in [0.1, 0.15) is 11.5 Å². The predicted octanol–water partition coefficient (Wildman–Crippen LogP) is 12.1. The molecule has 2 unspecified atom stereocenters. The van der Waals surface area contributed by atoms with Crippen LogP contribution in [0.3, 0.4) is 0 Å². The average Bonchev–Trinajstić information content (AvgIpc) is 3.44. The smallest absolute Gasteiger partial charge is 0.494 e. The van der Waals surface area contributed by atoms with Gasteiger partial charge in [-0.3, -0.25) is 4.79 Å². The van der Waals surface area contributed by atoms with Crippen LogP contribution in [0.15, 0.2) is 42.5 Å². The number of carbonyl (C=O) groups is 1. The second-order valence-corrected chi connectivity index (χ2v) is 15.7. The maximum absolute atomic E-state index is 14.4. The number of benzene rings is 2. The van der Waals surface area contributed by atoms with Gasteiger partial charge >= 0.3 is 24.5 Å². The Balaban J connectivity index is 1.53. The largest absolute Gasteiger partial charge is 0.496 e. The standard InChI is InChI=1S/C39H52F6O6S/c1-9-10-11-12-27-13-16-30(32(22-27)47-8)34-23-28-14-15-29(24-33(28)52-34)48-19-17-37(40,41)50-39(44,45)51-38(42,43)18-20-49-35(46)31(36(5,6)7)21-26(4)25(2)3/h13-16,22-26,31H,9-12,17-21H2,1-8H3. The predicted molar refractivity (Wildman–Crippen MR) is 191 cm³/mol. The van der Waals surface area contributed by atoms with E-state index in [4.69, 9.17) is 14.2 Å². The first-order chi connectivity index (χ1) is 24.1. The van der Waals surface area contributed by atoms with Crippen LogP contribution in [-0.4, -0.2) is 44.8 Å². The molecule has 1 aromatic heterocycles. The molecule has 0 fully saturated rings. The molecule has 0 aliphatic carbocycles. The maximum Gasteiger partial charge on any atom is 0.494 e. The van der Waals surface area contributed by atoms with Gasteiger partial charge in [0.2, 0.25) is 0 Å². The lowest BCUT2D eigenvalue weighted by Crippen LogP contribution is -2.41.